The smallest absolute Gasteiger partial charge is 0.213 e. The molecule has 0 fully saturated rings. The van der Waals surface area contributed by atoms with Crippen LogP contribution in [0.2, 0.25) is 0 Å². The molecule has 0 aliphatic rings. The number of hydrogen-bond donors (Lipinski definition) is 3. The maximum atomic E-state index is 11.4. The number of sulfonamides is 1. The van der Waals surface area contributed by atoms with Crippen molar-refractivity contribution in [3.8, 4) is 5.75 Å². The molecule has 18 heavy (non-hydrogen) atoms. The van der Waals surface area contributed by atoms with E-state index in [0.29, 0.717) is 30.2 Å². The Bertz CT molecular complexity index is 488. The van der Waals surface area contributed by atoms with Crippen molar-refractivity contribution in [2.45, 2.75) is 6.92 Å². The minimum Gasteiger partial charge on any atom is -0.497 e. The van der Waals surface area contributed by atoms with Gasteiger partial charge in [-0.15, -0.1) is 0 Å². The van der Waals surface area contributed by atoms with Gasteiger partial charge in [0, 0.05) is 19.2 Å². The van der Waals surface area contributed by atoms with Crippen molar-refractivity contribution < 1.29 is 13.2 Å². The lowest BCUT2D eigenvalue weighted by Gasteiger charge is -2.11. The van der Waals surface area contributed by atoms with Crippen LogP contribution in [0.1, 0.15) is 6.92 Å². The normalized spacial score (nSPS) is 11.2. The monoisotopic (exact) mass is 273 g/mol. The molecule has 6 nitrogen and oxygen atoms in total. The van der Waals surface area contributed by atoms with Gasteiger partial charge in [-0.2, -0.15) is 0 Å². The number of nitrogen functional groups attached to an aromatic ring is 1. The summed E-state index contributed by atoms with van der Waals surface area (Å²) in [6.07, 6.45) is 0. The number of hydrogen-bond acceptors (Lipinski definition) is 5. The summed E-state index contributed by atoms with van der Waals surface area (Å²) in [4.78, 5) is 0. The van der Waals surface area contributed by atoms with Crippen molar-refractivity contribution in [3.05, 3.63) is 18.2 Å². The van der Waals surface area contributed by atoms with E-state index in [-0.39, 0.29) is 5.75 Å². The summed E-state index contributed by atoms with van der Waals surface area (Å²) in [7, 11) is -1.65. The number of ether oxygens (including phenoxy) is 1. The fourth-order valence-electron chi connectivity index (χ4n) is 1.44. The Kier molecular flexibility index (Phi) is 5.24. The van der Waals surface area contributed by atoms with E-state index >= 15 is 0 Å². The van der Waals surface area contributed by atoms with Gasteiger partial charge in [0.2, 0.25) is 10.0 Å². The van der Waals surface area contributed by atoms with Crippen molar-refractivity contribution in [1.29, 1.82) is 0 Å². The van der Waals surface area contributed by atoms with Gasteiger partial charge in [0.15, 0.2) is 0 Å². The van der Waals surface area contributed by atoms with Crippen LogP contribution in [0.15, 0.2) is 18.2 Å². The maximum Gasteiger partial charge on any atom is 0.213 e. The molecule has 0 atom stereocenters. The highest BCUT2D eigenvalue weighted by Gasteiger charge is 2.08. The van der Waals surface area contributed by atoms with E-state index in [1.165, 1.54) is 0 Å². The molecule has 0 bridgehead atoms. The second-order valence-corrected chi connectivity index (χ2v) is 5.62. The van der Waals surface area contributed by atoms with E-state index in [1.54, 1.807) is 32.2 Å². The van der Waals surface area contributed by atoms with Crippen LogP contribution in [-0.2, 0) is 10.0 Å². The predicted octanol–water partition coefficient (Wildman–Crippen LogP) is 0.629. The highest BCUT2D eigenvalue weighted by Crippen LogP contribution is 2.23. The molecule has 7 heteroatoms. The van der Waals surface area contributed by atoms with Gasteiger partial charge in [-0.1, -0.05) is 6.92 Å². The van der Waals surface area contributed by atoms with Crippen molar-refractivity contribution in [2.75, 3.05) is 37.0 Å². The Morgan fingerprint density at radius 1 is 1.39 bits per heavy atom. The summed E-state index contributed by atoms with van der Waals surface area (Å²) in [5.41, 5.74) is 7.02. The molecular formula is C11H19N3O3S. The summed E-state index contributed by atoms with van der Waals surface area (Å²) >= 11 is 0. The Labute approximate surface area is 108 Å². The molecule has 0 saturated carbocycles. The minimum absolute atomic E-state index is 0.00626. The zero-order valence-corrected chi connectivity index (χ0v) is 11.4. The van der Waals surface area contributed by atoms with E-state index in [2.05, 4.69) is 10.0 Å². The zero-order chi connectivity index (χ0) is 13.6. The van der Waals surface area contributed by atoms with Gasteiger partial charge in [-0.25, -0.2) is 13.1 Å². The first-order valence-electron chi connectivity index (χ1n) is 5.63. The van der Waals surface area contributed by atoms with Gasteiger partial charge in [0.25, 0.3) is 0 Å². The Hall–Kier alpha value is -1.47. The lowest BCUT2D eigenvalue weighted by Crippen LogP contribution is -2.29. The van der Waals surface area contributed by atoms with E-state index in [0.717, 1.165) is 0 Å². The van der Waals surface area contributed by atoms with Gasteiger partial charge in [-0.05, 0) is 12.1 Å². The fourth-order valence-corrected chi connectivity index (χ4v) is 2.40. The molecule has 102 valence electrons. The lowest BCUT2D eigenvalue weighted by atomic mass is 10.2. The Balaban J connectivity index is 2.54. The maximum absolute atomic E-state index is 11.4. The molecule has 0 spiro atoms. The third kappa shape index (κ3) is 4.42. The van der Waals surface area contributed by atoms with Crippen LogP contribution in [0.4, 0.5) is 11.4 Å². The molecule has 1 rings (SSSR count). The van der Waals surface area contributed by atoms with Gasteiger partial charge < -0.3 is 15.8 Å². The molecule has 0 aliphatic carbocycles. The summed E-state index contributed by atoms with van der Waals surface area (Å²) in [5, 5.41) is 2.98. The molecule has 0 saturated heterocycles. The molecule has 0 aromatic heterocycles. The molecule has 0 unspecified atom stereocenters. The molecular weight excluding hydrogens is 254 g/mol. The van der Waals surface area contributed by atoms with Crippen molar-refractivity contribution >= 4 is 21.4 Å². The third-order valence-corrected chi connectivity index (χ3v) is 3.78. The van der Waals surface area contributed by atoms with Crippen molar-refractivity contribution in [1.82, 2.24) is 4.72 Å². The van der Waals surface area contributed by atoms with E-state index in [9.17, 15) is 8.42 Å². The molecule has 4 N–H and O–H groups in total. The average Bonchev–Trinajstić information content (AvgIpc) is 2.31. The van der Waals surface area contributed by atoms with Gasteiger partial charge >= 0.3 is 0 Å². The first kappa shape index (κ1) is 14.6. The molecule has 1 aromatic carbocycles. The minimum atomic E-state index is -3.21. The Morgan fingerprint density at radius 2 is 2.11 bits per heavy atom. The number of benzene rings is 1. The summed E-state index contributed by atoms with van der Waals surface area (Å²) in [6.45, 7) is 2.44. The van der Waals surface area contributed by atoms with Gasteiger partial charge in [-0.3, -0.25) is 0 Å². The van der Waals surface area contributed by atoms with Gasteiger partial charge in [0.1, 0.15) is 5.75 Å². The number of nitrogens with two attached hydrogens (primary N) is 1. The first-order chi connectivity index (χ1) is 8.48. The van der Waals surface area contributed by atoms with Crippen molar-refractivity contribution in [2.24, 2.45) is 0 Å². The average molecular weight is 273 g/mol. The Morgan fingerprint density at radius 3 is 2.67 bits per heavy atom. The molecule has 1 aromatic rings. The van der Waals surface area contributed by atoms with Crippen LogP contribution in [0.5, 0.6) is 5.75 Å². The number of nitrogens with one attached hydrogen (secondary N) is 2. The third-order valence-electron chi connectivity index (χ3n) is 2.31. The second kappa shape index (κ2) is 6.46. The molecule has 0 amide bonds. The fraction of sp³-hybridized carbons (Fsp3) is 0.455. The number of methoxy groups -OCH3 is 1. The summed E-state index contributed by atoms with van der Waals surface area (Å²) in [5.74, 6) is 0.671. The zero-order valence-electron chi connectivity index (χ0n) is 10.6. The molecule has 0 aliphatic heterocycles. The second-order valence-electron chi connectivity index (χ2n) is 3.70. The first-order valence-corrected chi connectivity index (χ1v) is 7.28. The number of rotatable bonds is 7. The van der Waals surface area contributed by atoms with Gasteiger partial charge in [0.05, 0.1) is 24.2 Å². The van der Waals surface area contributed by atoms with E-state index in [4.69, 9.17) is 10.5 Å². The van der Waals surface area contributed by atoms with Crippen LogP contribution in [0, 0.1) is 0 Å². The van der Waals surface area contributed by atoms with Crippen molar-refractivity contribution in [3.63, 3.8) is 0 Å². The van der Waals surface area contributed by atoms with Crippen LogP contribution in [0.3, 0.4) is 0 Å². The highest BCUT2D eigenvalue weighted by molar-refractivity contribution is 7.89. The van der Waals surface area contributed by atoms with Crippen LogP contribution < -0.4 is 20.5 Å². The quantitative estimate of drug-likeness (QED) is 0.634. The topological polar surface area (TPSA) is 93.5 Å². The van der Waals surface area contributed by atoms with Crippen LogP contribution in [-0.4, -0.2) is 34.4 Å². The van der Waals surface area contributed by atoms with Crippen LogP contribution >= 0.6 is 0 Å². The van der Waals surface area contributed by atoms with E-state index < -0.39 is 10.0 Å². The number of anilines is 2. The summed E-state index contributed by atoms with van der Waals surface area (Å²) in [6, 6.07) is 5.20. The standard InChI is InChI=1S/C11H19N3O3S/c1-3-14-18(15,16)7-6-13-11-5-4-9(17-2)8-10(11)12/h4-5,8,13-14H,3,6-7,12H2,1-2H3. The molecule has 0 heterocycles. The molecule has 0 radical (unpaired) electrons. The summed E-state index contributed by atoms with van der Waals surface area (Å²) < 4.78 is 30.3. The van der Waals surface area contributed by atoms with Crippen LogP contribution in [0.25, 0.3) is 0 Å². The highest BCUT2D eigenvalue weighted by atomic mass is 32.2. The lowest BCUT2D eigenvalue weighted by molar-refractivity contribution is 0.415. The van der Waals surface area contributed by atoms with E-state index in [1.807, 2.05) is 0 Å². The SMILES string of the molecule is CCNS(=O)(=O)CCNc1ccc(OC)cc1N. The predicted molar refractivity (Wildman–Crippen MR) is 73.4 cm³/mol. The largest absolute Gasteiger partial charge is 0.497 e.